The summed E-state index contributed by atoms with van der Waals surface area (Å²) in [5.74, 6) is -0.599. The minimum atomic E-state index is -1.07. The Morgan fingerprint density at radius 2 is 2.05 bits per heavy atom. The van der Waals surface area contributed by atoms with Gasteiger partial charge < -0.3 is 19.8 Å². The molecule has 0 saturated carbocycles. The number of nitrogens with one attached hydrogen (secondary N) is 2. The van der Waals surface area contributed by atoms with Crippen LogP contribution in [0.15, 0.2) is 53.3 Å². The molecule has 0 atom stereocenters. The second-order valence-corrected chi connectivity index (χ2v) is 4.48. The molecule has 6 nitrogen and oxygen atoms in total. The van der Waals surface area contributed by atoms with E-state index < -0.39 is 5.97 Å². The molecule has 0 saturated heterocycles. The molecule has 1 aromatic carbocycles. The van der Waals surface area contributed by atoms with Crippen LogP contribution >= 0.6 is 0 Å². The fourth-order valence-electron chi connectivity index (χ4n) is 1.94. The highest BCUT2D eigenvalue weighted by Gasteiger charge is 2.10. The van der Waals surface area contributed by atoms with E-state index in [4.69, 9.17) is 9.52 Å². The van der Waals surface area contributed by atoms with Gasteiger partial charge in [-0.25, -0.2) is 9.78 Å². The molecule has 0 aliphatic carbocycles. The van der Waals surface area contributed by atoms with Crippen molar-refractivity contribution in [3.05, 3.63) is 60.4 Å². The number of H-pyrrole nitrogens is 1. The molecule has 0 bridgehead atoms. The number of hydrogen-bond donors (Lipinski definition) is 3. The number of carboxylic acids is 1. The van der Waals surface area contributed by atoms with Crippen LogP contribution in [0.3, 0.4) is 0 Å². The third kappa shape index (κ3) is 2.94. The Hall–Kier alpha value is -3.02. The van der Waals surface area contributed by atoms with Gasteiger partial charge in [-0.05, 0) is 36.4 Å². The molecule has 0 spiro atoms. The van der Waals surface area contributed by atoms with Crippen LogP contribution in [0.1, 0.15) is 16.2 Å². The van der Waals surface area contributed by atoms with Gasteiger partial charge in [0.05, 0.1) is 18.6 Å². The van der Waals surface area contributed by atoms with Crippen molar-refractivity contribution < 1.29 is 14.3 Å². The van der Waals surface area contributed by atoms with Crippen molar-refractivity contribution in [2.75, 3.05) is 5.32 Å². The van der Waals surface area contributed by atoms with Crippen LogP contribution in [0.25, 0.3) is 11.3 Å². The number of nitrogens with zero attached hydrogens (tertiary/aromatic N) is 1. The van der Waals surface area contributed by atoms with E-state index in [1.807, 2.05) is 24.3 Å². The van der Waals surface area contributed by atoms with Crippen LogP contribution in [0.2, 0.25) is 0 Å². The molecule has 0 unspecified atom stereocenters. The molecular weight excluding hydrogens is 270 g/mol. The average Bonchev–Trinajstić information content (AvgIpc) is 3.17. The van der Waals surface area contributed by atoms with E-state index >= 15 is 0 Å². The lowest BCUT2D eigenvalue weighted by Crippen LogP contribution is -1.99. The van der Waals surface area contributed by atoms with Gasteiger partial charge in [0.1, 0.15) is 5.76 Å². The monoisotopic (exact) mass is 283 g/mol. The van der Waals surface area contributed by atoms with Gasteiger partial charge in [0.25, 0.3) is 0 Å². The minimum Gasteiger partial charge on any atom is -0.475 e. The van der Waals surface area contributed by atoms with Gasteiger partial charge in [0.2, 0.25) is 5.76 Å². The highest BCUT2D eigenvalue weighted by atomic mass is 16.4. The summed E-state index contributed by atoms with van der Waals surface area (Å²) in [4.78, 5) is 17.7. The van der Waals surface area contributed by atoms with E-state index in [0.29, 0.717) is 12.3 Å². The summed E-state index contributed by atoms with van der Waals surface area (Å²) < 4.78 is 5.26. The number of aromatic nitrogens is 2. The smallest absolute Gasteiger partial charge is 0.371 e. The maximum Gasteiger partial charge on any atom is 0.371 e. The van der Waals surface area contributed by atoms with Gasteiger partial charge in [-0.15, -0.1) is 0 Å². The number of rotatable bonds is 5. The number of benzene rings is 1. The van der Waals surface area contributed by atoms with Crippen molar-refractivity contribution in [2.24, 2.45) is 0 Å². The maximum absolute atomic E-state index is 10.8. The Morgan fingerprint density at radius 3 is 2.67 bits per heavy atom. The van der Waals surface area contributed by atoms with Crippen molar-refractivity contribution in [3.8, 4) is 11.3 Å². The van der Waals surface area contributed by atoms with E-state index in [9.17, 15) is 4.79 Å². The number of hydrogen-bond acceptors (Lipinski definition) is 4. The number of carbonyl (C=O) groups is 1. The number of aromatic amines is 1. The Morgan fingerprint density at radius 1 is 1.24 bits per heavy atom. The zero-order chi connectivity index (χ0) is 14.7. The Bertz CT molecular complexity index is 730. The summed E-state index contributed by atoms with van der Waals surface area (Å²) in [6, 6.07) is 10.7. The molecule has 0 aliphatic heterocycles. The molecule has 106 valence electrons. The second kappa shape index (κ2) is 5.54. The zero-order valence-electron chi connectivity index (χ0n) is 11.0. The number of imidazole rings is 1. The first-order chi connectivity index (χ1) is 10.2. The lowest BCUT2D eigenvalue weighted by molar-refractivity contribution is 0.0663. The van der Waals surface area contributed by atoms with E-state index in [2.05, 4.69) is 15.3 Å². The molecule has 3 rings (SSSR count). The van der Waals surface area contributed by atoms with Crippen LogP contribution in [0.4, 0.5) is 5.69 Å². The second-order valence-electron chi connectivity index (χ2n) is 4.48. The molecule has 0 aliphatic rings. The van der Waals surface area contributed by atoms with Crippen LogP contribution in [0.5, 0.6) is 0 Å². The van der Waals surface area contributed by atoms with Crippen molar-refractivity contribution in [3.63, 3.8) is 0 Å². The zero-order valence-corrected chi connectivity index (χ0v) is 11.0. The van der Waals surface area contributed by atoms with Gasteiger partial charge in [0.15, 0.2) is 0 Å². The van der Waals surface area contributed by atoms with Crippen molar-refractivity contribution in [1.82, 2.24) is 9.97 Å². The van der Waals surface area contributed by atoms with Crippen LogP contribution in [0, 0.1) is 0 Å². The van der Waals surface area contributed by atoms with E-state index in [1.165, 1.54) is 6.07 Å². The minimum absolute atomic E-state index is 0.0635. The summed E-state index contributed by atoms with van der Waals surface area (Å²) in [6.07, 6.45) is 3.40. The summed E-state index contributed by atoms with van der Waals surface area (Å²) in [5, 5.41) is 12.1. The van der Waals surface area contributed by atoms with E-state index in [0.717, 1.165) is 16.9 Å². The van der Waals surface area contributed by atoms with Gasteiger partial charge >= 0.3 is 5.97 Å². The number of carboxylic acid groups (broad SMARTS) is 1. The number of furan rings is 1. The predicted molar refractivity (Wildman–Crippen MR) is 77.0 cm³/mol. The molecule has 0 amide bonds. The number of anilines is 1. The first kappa shape index (κ1) is 13.0. The van der Waals surface area contributed by atoms with Crippen LogP contribution in [-0.2, 0) is 6.54 Å². The summed E-state index contributed by atoms with van der Waals surface area (Å²) in [5.41, 5.74) is 2.78. The summed E-state index contributed by atoms with van der Waals surface area (Å²) in [6.45, 7) is 0.656. The first-order valence-corrected chi connectivity index (χ1v) is 6.37. The average molecular weight is 283 g/mol. The van der Waals surface area contributed by atoms with Crippen LogP contribution in [-0.4, -0.2) is 21.0 Å². The van der Waals surface area contributed by atoms with Gasteiger partial charge in [-0.3, -0.25) is 0 Å². The Balaban J connectivity index is 1.69. The molecule has 3 aromatic rings. The van der Waals surface area contributed by atoms with Crippen molar-refractivity contribution in [2.45, 2.75) is 6.54 Å². The molecule has 3 N–H and O–H groups in total. The molecule has 2 heterocycles. The fourth-order valence-corrected chi connectivity index (χ4v) is 1.94. The highest BCUT2D eigenvalue weighted by molar-refractivity contribution is 5.85. The maximum atomic E-state index is 10.8. The van der Waals surface area contributed by atoms with Gasteiger partial charge in [-0.2, -0.15) is 0 Å². The standard InChI is InChI=1S/C15H13N3O3/c19-15(20)14-6-5-13(21-14)10-1-3-11(4-2-10)17-8-12-7-16-9-18-12/h1-7,9,17H,8H2,(H,16,18)(H,19,20). The summed E-state index contributed by atoms with van der Waals surface area (Å²) in [7, 11) is 0. The van der Waals surface area contributed by atoms with Gasteiger partial charge in [0, 0.05) is 17.4 Å². The number of aromatic carboxylic acids is 1. The molecule has 0 radical (unpaired) electrons. The van der Waals surface area contributed by atoms with Crippen molar-refractivity contribution >= 4 is 11.7 Å². The topological polar surface area (TPSA) is 91.1 Å². The lowest BCUT2D eigenvalue weighted by atomic mass is 10.1. The van der Waals surface area contributed by atoms with Crippen molar-refractivity contribution in [1.29, 1.82) is 0 Å². The SMILES string of the molecule is O=C(O)c1ccc(-c2ccc(NCc3cnc[nH]3)cc2)o1. The quantitative estimate of drug-likeness (QED) is 0.669. The first-order valence-electron chi connectivity index (χ1n) is 6.37. The Labute approximate surface area is 120 Å². The van der Waals surface area contributed by atoms with E-state index in [-0.39, 0.29) is 5.76 Å². The molecular formula is C15H13N3O3. The third-order valence-electron chi connectivity index (χ3n) is 3.02. The molecule has 21 heavy (non-hydrogen) atoms. The third-order valence-corrected chi connectivity index (χ3v) is 3.02. The predicted octanol–water partition coefficient (Wildman–Crippen LogP) is 2.98. The Kier molecular flexibility index (Phi) is 3.42. The van der Waals surface area contributed by atoms with E-state index in [1.54, 1.807) is 18.6 Å². The highest BCUT2D eigenvalue weighted by Crippen LogP contribution is 2.24. The van der Waals surface area contributed by atoms with Crippen LogP contribution < -0.4 is 5.32 Å². The van der Waals surface area contributed by atoms with Gasteiger partial charge in [-0.1, -0.05) is 0 Å². The summed E-state index contributed by atoms with van der Waals surface area (Å²) >= 11 is 0. The lowest BCUT2D eigenvalue weighted by Gasteiger charge is -2.05. The largest absolute Gasteiger partial charge is 0.475 e. The normalized spacial score (nSPS) is 10.5. The molecule has 0 fully saturated rings. The molecule has 2 aromatic heterocycles. The fraction of sp³-hybridized carbons (Fsp3) is 0.0667. The molecule has 6 heteroatoms.